The molecular formula is C19H18N4O3. The normalized spacial score (nSPS) is 16.4. The minimum absolute atomic E-state index is 0.00411. The molecule has 7 nitrogen and oxygen atoms in total. The maximum absolute atomic E-state index is 12.8. The summed E-state index contributed by atoms with van der Waals surface area (Å²) >= 11 is 0. The van der Waals surface area contributed by atoms with Crippen molar-refractivity contribution in [3.63, 3.8) is 0 Å². The lowest BCUT2D eigenvalue weighted by Gasteiger charge is -2.32. The van der Waals surface area contributed by atoms with Crippen LogP contribution < -0.4 is 5.43 Å². The van der Waals surface area contributed by atoms with E-state index in [1.165, 1.54) is 12.1 Å². The van der Waals surface area contributed by atoms with Crippen LogP contribution in [0, 0.1) is 6.92 Å². The molecule has 3 heterocycles. The van der Waals surface area contributed by atoms with Crippen molar-refractivity contribution >= 4 is 5.91 Å². The topological polar surface area (TPSA) is 81.2 Å². The third-order valence-corrected chi connectivity index (χ3v) is 4.44. The van der Waals surface area contributed by atoms with E-state index in [4.69, 9.17) is 4.42 Å². The zero-order valence-electron chi connectivity index (χ0n) is 14.5. The van der Waals surface area contributed by atoms with E-state index in [0.717, 1.165) is 11.4 Å². The Morgan fingerprint density at radius 3 is 2.69 bits per heavy atom. The summed E-state index contributed by atoms with van der Waals surface area (Å²) in [5.74, 6) is 1.67. The fraction of sp³-hybridized carbons (Fsp3) is 0.263. The molecule has 0 bridgehead atoms. The van der Waals surface area contributed by atoms with E-state index in [-0.39, 0.29) is 23.1 Å². The van der Waals surface area contributed by atoms with Crippen LogP contribution in [0.5, 0.6) is 0 Å². The first-order valence-electron chi connectivity index (χ1n) is 8.43. The molecule has 2 aromatic heterocycles. The maximum atomic E-state index is 12.8. The number of amides is 1. The van der Waals surface area contributed by atoms with Crippen LogP contribution in [0.3, 0.4) is 0 Å². The molecule has 1 aliphatic rings. The number of rotatable bonds is 2. The zero-order valence-corrected chi connectivity index (χ0v) is 14.5. The molecule has 1 aromatic carbocycles. The van der Waals surface area contributed by atoms with Crippen LogP contribution in [0.1, 0.15) is 35.1 Å². The number of hydrogen-bond acceptors (Lipinski definition) is 5. The third-order valence-electron chi connectivity index (χ3n) is 4.44. The van der Waals surface area contributed by atoms with E-state index in [2.05, 4.69) is 14.8 Å². The van der Waals surface area contributed by atoms with Gasteiger partial charge in [-0.05, 0) is 13.8 Å². The highest BCUT2D eigenvalue weighted by Crippen LogP contribution is 2.28. The molecule has 1 amide bonds. The van der Waals surface area contributed by atoms with Crippen molar-refractivity contribution in [3.8, 4) is 11.4 Å². The molecule has 0 saturated carbocycles. The van der Waals surface area contributed by atoms with Gasteiger partial charge in [0.05, 0.1) is 12.6 Å². The molecule has 0 N–H and O–H groups in total. The standard InChI is InChI=1S/C19H18N4O3/c1-12-10-22(19(25)16-9-15(24)8-13(2)26-16)11-17-20-21-18(23(12)17)14-6-4-3-5-7-14/h3-9,12H,10-11H2,1-2H3/t12-/m0/s1. The van der Waals surface area contributed by atoms with Gasteiger partial charge in [-0.25, -0.2) is 0 Å². The number of fused-ring (bicyclic) bond motifs is 1. The average molecular weight is 350 g/mol. The van der Waals surface area contributed by atoms with Gasteiger partial charge in [-0.1, -0.05) is 30.3 Å². The Kier molecular flexibility index (Phi) is 3.91. The number of benzene rings is 1. The smallest absolute Gasteiger partial charge is 0.290 e. The predicted molar refractivity (Wildman–Crippen MR) is 94.6 cm³/mol. The SMILES string of the molecule is Cc1cc(=O)cc(C(=O)N2Cc3nnc(-c4ccccc4)n3[C@@H](C)C2)o1. The molecule has 0 saturated heterocycles. The highest BCUT2D eigenvalue weighted by atomic mass is 16.3. The summed E-state index contributed by atoms with van der Waals surface area (Å²) in [4.78, 5) is 26.1. The number of aryl methyl sites for hydroxylation is 1. The molecule has 4 rings (SSSR count). The lowest BCUT2D eigenvalue weighted by atomic mass is 10.1. The highest BCUT2D eigenvalue weighted by Gasteiger charge is 2.31. The van der Waals surface area contributed by atoms with Gasteiger partial charge in [0.1, 0.15) is 5.76 Å². The van der Waals surface area contributed by atoms with E-state index < -0.39 is 0 Å². The predicted octanol–water partition coefficient (Wildman–Crippen LogP) is 2.42. The Hall–Kier alpha value is -3.22. The molecule has 0 unspecified atom stereocenters. The minimum Gasteiger partial charge on any atom is -0.456 e. The minimum atomic E-state index is -0.312. The Morgan fingerprint density at radius 2 is 1.96 bits per heavy atom. The molecule has 132 valence electrons. The first kappa shape index (κ1) is 16.3. The van der Waals surface area contributed by atoms with Gasteiger partial charge in [-0.2, -0.15) is 0 Å². The Labute approximate surface area is 149 Å². The lowest BCUT2D eigenvalue weighted by molar-refractivity contribution is 0.0645. The number of hydrogen-bond donors (Lipinski definition) is 0. The van der Waals surface area contributed by atoms with Crippen molar-refractivity contribution in [2.75, 3.05) is 6.54 Å². The van der Waals surface area contributed by atoms with Crippen LogP contribution >= 0.6 is 0 Å². The maximum Gasteiger partial charge on any atom is 0.290 e. The highest BCUT2D eigenvalue weighted by molar-refractivity contribution is 5.91. The fourth-order valence-electron chi connectivity index (χ4n) is 3.33. The van der Waals surface area contributed by atoms with Crippen molar-refractivity contribution in [3.05, 3.63) is 70.0 Å². The largest absolute Gasteiger partial charge is 0.456 e. The molecule has 0 aliphatic carbocycles. The van der Waals surface area contributed by atoms with Gasteiger partial charge in [-0.3, -0.25) is 9.59 Å². The van der Waals surface area contributed by atoms with Crippen LogP contribution in [0.15, 0.2) is 51.7 Å². The van der Waals surface area contributed by atoms with Gasteiger partial charge in [0, 0.05) is 24.2 Å². The first-order chi connectivity index (χ1) is 12.5. The van der Waals surface area contributed by atoms with Crippen molar-refractivity contribution in [2.45, 2.75) is 26.4 Å². The summed E-state index contributed by atoms with van der Waals surface area (Å²) in [6.45, 7) is 4.48. The van der Waals surface area contributed by atoms with E-state index >= 15 is 0 Å². The van der Waals surface area contributed by atoms with Crippen LogP contribution in [-0.4, -0.2) is 32.1 Å². The summed E-state index contributed by atoms with van der Waals surface area (Å²) in [5, 5.41) is 8.59. The quantitative estimate of drug-likeness (QED) is 0.709. The third kappa shape index (κ3) is 2.81. The molecular weight excluding hydrogens is 332 g/mol. The molecule has 3 aromatic rings. The number of carbonyl (C=O) groups is 1. The molecule has 7 heteroatoms. The van der Waals surface area contributed by atoms with E-state index in [1.54, 1.807) is 11.8 Å². The van der Waals surface area contributed by atoms with E-state index in [0.29, 0.717) is 24.7 Å². The number of carbonyl (C=O) groups excluding carboxylic acids is 1. The van der Waals surface area contributed by atoms with Crippen LogP contribution in [0.4, 0.5) is 0 Å². The monoisotopic (exact) mass is 350 g/mol. The molecule has 1 aliphatic heterocycles. The second-order valence-electron chi connectivity index (χ2n) is 6.48. The van der Waals surface area contributed by atoms with Crippen molar-refractivity contribution in [1.82, 2.24) is 19.7 Å². The lowest BCUT2D eigenvalue weighted by Crippen LogP contribution is -2.40. The summed E-state index contributed by atoms with van der Waals surface area (Å²) in [6.07, 6.45) is 0. The summed E-state index contributed by atoms with van der Waals surface area (Å²) in [7, 11) is 0. The fourth-order valence-corrected chi connectivity index (χ4v) is 3.33. The van der Waals surface area contributed by atoms with E-state index in [9.17, 15) is 9.59 Å². The average Bonchev–Trinajstić information content (AvgIpc) is 3.05. The Bertz CT molecular complexity index is 1020. The van der Waals surface area contributed by atoms with Gasteiger partial charge >= 0.3 is 0 Å². The van der Waals surface area contributed by atoms with Crippen LogP contribution in [0.2, 0.25) is 0 Å². The zero-order chi connectivity index (χ0) is 18.3. The van der Waals surface area contributed by atoms with Gasteiger partial charge in [0.25, 0.3) is 5.91 Å². The summed E-state index contributed by atoms with van der Waals surface area (Å²) in [6, 6.07) is 12.4. The van der Waals surface area contributed by atoms with Gasteiger partial charge in [-0.15, -0.1) is 10.2 Å². The van der Waals surface area contributed by atoms with Gasteiger partial charge in [0.15, 0.2) is 22.8 Å². The van der Waals surface area contributed by atoms with Crippen molar-refractivity contribution in [1.29, 1.82) is 0 Å². The second kappa shape index (κ2) is 6.25. The first-order valence-corrected chi connectivity index (χ1v) is 8.43. The van der Waals surface area contributed by atoms with E-state index in [1.807, 2.05) is 37.3 Å². The molecule has 26 heavy (non-hydrogen) atoms. The molecule has 1 atom stereocenters. The Morgan fingerprint density at radius 1 is 1.19 bits per heavy atom. The Balaban J connectivity index is 1.66. The molecule has 0 radical (unpaired) electrons. The van der Waals surface area contributed by atoms with Crippen LogP contribution in [-0.2, 0) is 6.54 Å². The van der Waals surface area contributed by atoms with Crippen LogP contribution in [0.25, 0.3) is 11.4 Å². The molecule has 0 spiro atoms. The summed E-state index contributed by atoms with van der Waals surface area (Å²) < 4.78 is 7.50. The second-order valence-corrected chi connectivity index (χ2v) is 6.48. The van der Waals surface area contributed by atoms with Gasteiger partial charge in [0.2, 0.25) is 0 Å². The summed E-state index contributed by atoms with van der Waals surface area (Å²) in [5.41, 5.74) is 0.749. The number of nitrogens with zero attached hydrogens (tertiary/aromatic N) is 4. The van der Waals surface area contributed by atoms with Crippen molar-refractivity contribution in [2.24, 2.45) is 0 Å². The van der Waals surface area contributed by atoms with Gasteiger partial charge < -0.3 is 13.9 Å². The molecule has 0 fully saturated rings. The number of aromatic nitrogens is 3. The van der Waals surface area contributed by atoms with Crippen molar-refractivity contribution < 1.29 is 9.21 Å².